The molecule has 1 N–H and O–H groups in total. The number of benzene rings is 2. The number of hydrogen-bond donors (Lipinski definition) is 1. The van der Waals surface area contributed by atoms with Gasteiger partial charge >= 0.3 is 0 Å². The summed E-state index contributed by atoms with van der Waals surface area (Å²) in [6.45, 7) is 2.20. The molecule has 1 heterocycles. The summed E-state index contributed by atoms with van der Waals surface area (Å²) in [6, 6.07) is 10.5. The quantitative estimate of drug-likeness (QED) is 0.785. The van der Waals surface area contributed by atoms with Gasteiger partial charge in [0.25, 0.3) is 5.91 Å². The number of nitrogens with zero attached hydrogens (tertiary/aromatic N) is 2. The molecule has 2 aromatic rings. The van der Waals surface area contributed by atoms with E-state index in [2.05, 4.69) is 4.90 Å². The summed E-state index contributed by atoms with van der Waals surface area (Å²) in [7, 11) is 4.08. The third-order valence-corrected chi connectivity index (χ3v) is 4.72. The van der Waals surface area contributed by atoms with E-state index >= 15 is 0 Å². The molecule has 0 aromatic heterocycles. The van der Waals surface area contributed by atoms with Crippen molar-refractivity contribution in [1.29, 1.82) is 0 Å². The molecule has 0 saturated heterocycles. The van der Waals surface area contributed by atoms with Crippen molar-refractivity contribution in [3.63, 3.8) is 0 Å². The minimum atomic E-state index is -0.0628. The number of amides is 1. The summed E-state index contributed by atoms with van der Waals surface area (Å²) in [5, 5.41) is 9.80. The molecule has 1 aliphatic heterocycles. The van der Waals surface area contributed by atoms with Gasteiger partial charge < -0.3 is 19.6 Å². The van der Waals surface area contributed by atoms with E-state index in [1.165, 1.54) is 6.07 Å². The van der Waals surface area contributed by atoms with E-state index in [1.807, 2.05) is 32.3 Å². The van der Waals surface area contributed by atoms with Crippen molar-refractivity contribution in [3.05, 3.63) is 52.5 Å². The third kappa shape index (κ3) is 4.11. The number of carbonyl (C=O) groups is 1. The summed E-state index contributed by atoms with van der Waals surface area (Å²) >= 11 is 5.97. The van der Waals surface area contributed by atoms with Gasteiger partial charge in [-0.1, -0.05) is 11.6 Å². The average Bonchev–Trinajstić information content (AvgIpc) is 2.61. The number of carbonyl (C=O) groups excluding carboxylic acids is 1. The smallest absolute Gasteiger partial charge is 0.258 e. The molecule has 0 bridgehead atoms. The van der Waals surface area contributed by atoms with Crippen LogP contribution >= 0.6 is 11.6 Å². The van der Waals surface area contributed by atoms with Gasteiger partial charge in [0.1, 0.15) is 11.5 Å². The van der Waals surface area contributed by atoms with E-state index in [0.29, 0.717) is 24.4 Å². The van der Waals surface area contributed by atoms with Gasteiger partial charge in [0.15, 0.2) is 0 Å². The van der Waals surface area contributed by atoms with Crippen LogP contribution < -0.4 is 9.64 Å². The molecule has 0 fully saturated rings. The van der Waals surface area contributed by atoms with Crippen LogP contribution in [0.3, 0.4) is 0 Å². The summed E-state index contributed by atoms with van der Waals surface area (Å²) in [5.74, 6) is 0.750. The average molecular weight is 375 g/mol. The highest BCUT2D eigenvalue weighted by Crippen LogP contribution is 2.32. The van der Waals surface area contributed by atoms with Crippen LogP contribution in [0, 0.1) is 0 Å². The maximum atomic E-state index is 12.8. The van der Waals surface area contributed by atoms with Gasteiger partial charge in [-0.15, -0.1) is 0 Å². The fraction of sp³-hybridized carbons (Fsp3) is 0.350. The first-order valence-corrected chi connectivity index (χ1v) is 9.04. The van der Waals surface area contributed by atoms with Crippen molar-refractivity contribution in [2.75, 3.05) is 38.7 Å². The SMILES string of the molecule is CN(C)CCCOc1ccc2c(c1)CCN(c1ccc(O)c(Cl)c1)C2=O. The molecule has 5 nitrogen and oxygen atoms in total. The molecule has 0 radical (unpaired) electrons. The molecule has 6 heteroatoms. The number of anilines is 1. The first-order chi connectivity index (χ1) is 12.5. The Bertz CT molecular complexity index is 808. The number of phenols is 1. The molecule has 3 rings (SSSR count). The Morgan fingerprint density at radius 1 is 1.23 bits per heavy atom. The molecule has 138 valence electrons. The van der Waals surface area contributed by atoms with Crippen LogP contribution in [0.2, 0.25) is 5.02 Å². The molecule has 0 atom stereocenters. The molecule has 2 aromatic carbocycles. The summed E-state index contributed by atoms with van der Waals surface area (Å²) < 4.78 is 5.80. The van der Waals surface area contributed by atoms with Gasteiger partial charge in [-0.05, 0) is 68.9 Å². The van der Waals surface area contributed by atoms with Crippen molar-refractivity contribution >= 4 is 23.2 Å². The molecular weight excluding hydrogens is 352 g/mol. The first-order valence-electron chi connectivity index (χ1n) is 8.66. The van der Waals surface area contributed by atoms with E-state index in [0.717, 1.165) is 30.7 Å². The minimum Gasteiger partial charge on any atom is -0.506 e. The number of phenolic OH excluding ortho intramolecular Hbond substituents is 1. The van der Waals surface area contributed by atoms with Gasteiger partial charge in [0.2, 0.25) is 0 Å². The van der Waals surface area contributed by atoms with Crippen LogP contribution in [0.5, 0.6) is 11.5 Å². The highest BCUT2D eigenvalue weighted by Gasteiger charge is 2.26. The maximum Gasteiger partial charge on any atom is 0.258 e. The molecule has 0 saturated carbocycles. The number of halogens is 1. The van der Waals surface area contributed by atoms with Crippen LogP contribution in [-0.4, -0.2) is 49.7 Å². The van der Waals surface area contributed by atoms with Crippen LogP contribution in [0.15, 0.2) is 36.4 Å². The van der Waals surface area contributed by atoms with Crippen molar-refractivity contribution in [1.82, 2.24) is 4.90 Å². The van der Waals surface area contributed by atoms with Gasteiger partial charge in [0, 0.05) is 24.3 Å². The van der Waals surface area contributed by atoms with Gasteiger partial charge in [-0.25, -0.2) is 0 Å². The van der Waals surface area contributed by atoms with Gasteiger partial charge in [-0.2, -0.15) is 0 Å². The maximum absolute atomic E-state index is 12.8. The molecule has 0 aliphatic carbocycles. The minimum absolute atomic E-state index is 0.0105. The van der Waals surface area contributed by atoms with E-state index in [1.54, 1.807) is 17.0 Å². The Balaban J connectivity index is 1.71. The summed E-state index contributed by atoms with van der Waals surface area (Å²) in [5.41, 5.74) is 2.37. The standard InChI is InChI=1S/C20H23ClN2O3/c1-22(2)9-3-11-26-16-5-6-17-14(12-16)8-10-23(20(17)25)15-4-7-19(24)18(21)13-15/h4-7,12-13,24H,3,8-11H2,1-2H3. The topological polar surface area (TPSA) is 53.0 Å². The largest absolute Gasteiger partial charge is 0.506 e. The Labute approximate surface area is 158 Å². The predicted octanol–water partition coefficient (Wildman–Crippen LogP) is 3.58. The lowest BCUT2D eigenvalue weighted by molar-refractivity contribution is 0.0980. The highest BCUT2D eigenvalue weighted by molar-refractivity contribution is 6.32. The zero-order valence-electron chi connectivity index (χ0n) is 15.0. The fourth-order valence-corrected chi connectivity index (χ4v) is 3.21. The van der Waals surface area contributed by atoms with E-state index in [4.69, 9.17) is 16.3 Å². The highest BCUT2D eigenvalue weighted by atomic mass is 35.5. The number of aromatic hydroxyl groups is 1. The Kier molecular flexibility index (Phi) is 5.69. The molecule has 26 heavy (non-hydrogen) atoms. The normalized spacial score (nSPS) is 13.8. The number of hydrogen-bond acceptors (Lipinski definition) is 4. The Hall–Kier alpha value is -2.24. The molecular formula is C20H23ClN2O3. The van der Waals surface area contributed by atoms with Gasteiger partial charge in [0.05, 0.1) is 11.6 Å². The Morgan fingerprint density at radius 3 is 2.77 bits per heavy atom. The number of fused-ring (bicyclic) bond motifs is 1. The van der Waals surface area contributed by atoms with E-state index < -0.39 is 0 Å². The van der Waals surface area contributed by atoms with Crippen LogP contribution in [0.4, 0.5) is 5.69 Å². The zero-order chi connectivity index (χ0) is 18.7. The van der Waals surface area contributed by atoms with Crippen molar-refractivity contribution in [2.45, 2.75) is 12.8 Å². The monoisotopic (exact) mass is 374 g/mol. The number of rotatable bonds is 6. The first kappa shape index (κ1) is 18.5. The summed E-state index contributed by atoms with van der Waals surface area (Å²) in [6.07, 6.45) is 1.70. The van der Waals surface area contributed by atoms with Crippen molar-refractivity contribution in [2.24, 2.45) is 0 Å². The predicted molar refractivity (Wildman–Crippen MR) is 104 cm³/mol. The lowest BCUT2D eigenvalue weighted by atomic mass is 9.98. The lowest BCUT2D eigenvalue weighted by Gasteiger charge is -2.29. The molecule has 0 unspecified atom stereocenters. The lowest BCUT2D eigenvalue weighted by Crippen LogP contribution is -2.37. The van der Waals surface area contributed by atoms with Crippen LogP contribution in [0.25, 0.3) is 0 Å². The van der Waals surface area contributed by atoms with Crippen LogP contribution in [0.1, 0.15) is 22.3 Å². The third-order valence-electron chi connectivity index (χ3n) is 4.42. The molecule has 1 amide bonds. The van der Waals surface area contributed by atoms with Crippen molar-refractivity contribution in [3.8, 4) is 11.5 Å². The van der Waals surface area contributed by atoms with Crippen LogP contribution in [-0.2, 0) is 6.42 Å². The second kappa shape index (κ2) is 7.98. The Morgan fingerprint density at radius 2 is 2.04 bits per heavy atom. The number of ether oxygens (including phenoxy) is 1. The van der Waals surface area contributed by atoms with E-state index in [9.17, 15) is 9.90 Å². The van der Waals surface area contributed by atoms with Crippen molar-refractivity contribution < 1.29 is 14.6 Å². The molecule has 0 spiro atoms. The van der Waals surface area contributed by atoms with E-state index in [-0.39, 0.29) is 16.7 Å². The second-order valence-corrected chi connectivity index (χ2v) is 7.07. The fourth-order valence-electron chi connectivity index (χ4n) is 3.04. The molecule has 1 aliphatic rings. The second-order valence-electron chi connectivity index (χ2n) is 6.67. The zero-order valence-corrected chi connectivity index (χ0v) is 15.8. The van der Waals surface area contributed by atoms with Gasteiger partial charge in [-0.3, -0.25) is 4.79 Å². The summed E-state index contributed by atoms with van der Waals surface area (Å²) in [4.78, 5) is 16.6.